The van der Waals surface area contributed by atoms with Crippen molar-refractivity contribution in [3.63, 3.8) is 0 Å². The van der Waals surface area contributed by atoms with Crippen LogP contribution >= 0.6 is 11.6 Å². The summed E-state index contributed by atoms with van der Waals surface area (Å²) in [6, 6.07) is 14.7. The molecule has 0 bridgehead atoms. The van der Waals surface area contributed by atoms with E-state index in [-0.39, 0.29) is 11.9 Å². The largest absolute Gasteiger partial charge is 0.348 e. The molecule has 2 aromatic rings. The van der Waals surface area contributed by atoms with Gasteiger partial charge in [-0.3, -0.25) is 9.10 Å². The van der Waals surface area contributed by atoms with Crippen molar-refractivity contribution in [3.8, 4) is 0 Å². The van der Waals surface area contributed by atoms with E-state index in [4.69, 9.17) is 11.6 Å². The highest BCUT2D eigenvalue weighted by Crippen LogP contribution is 2.23. The summed E-state index contributed by atoms with van der Waals surface area (Å²) in [4.78, 5) is 12.6. The molecule has 0 fully saturated rings. The van der Waals surface area contributed by atoms with Crippen LogP contribution in [0.5, 0.6) is 0 Å². The summed E-state index contributed by atoms with van der Waals surface area (Å²) < 4.78 is 25.6. The lowest BCUT2D eigenvalue weighted by atomic mass is 10.1. The Morgan fingerprint density at radius 3 is 2.12 bits per heavy atom. The van der Waals surface area contributed by atoms with Crippen LogP contribution in [0.25, 0.3) is 0 Å². The fourth-order valence-corrected chi connectivity index (χ4v) is 3.86. The average Bonchev–Trinajstić information content (AvgIpc) is 2.56. The van der Waals surface area contributed by atoms with Crippen molar-refractivity contribution in [1.82, 2.24) is 5.32 Å². The van der Waals surface area contributed by atoms with Gasteiger partial charge in [0, 0.05) is 5.02 Å². The van der Waals surface area contributed by atoms with E-state index < -0.39 is 16.1 Å². The van der Waals surface area contributed by atoms with Gasteiger partial charge in [0.25, 0.3) is 0 Å². The maximum atomic E-state index is 12.6. The number of benzene rings is 2. The smallest absolute Gasteiger partial charge is 0.244 e. The third-order valence-corrected chi connectivity index (χ3v) is 5.32. The SMILES string of the molecule is C[C@@H](NC(=O)[C@H](C)N(c1ccc(Cl)cc1)S(C)(=O)=O)c1ccccc1. The zero-order chi connectivity index (χ0) is 18.6. The Labute approximate surface area is 153 Å². The van der Waals surface area contributed by atoms with Crippen molar-refractivity contribution < 1.29 is 13.2 Å². The summed E-state index contributed by atoms with van der Waals surface area (Å²) in [5.74, 6) is -0.378. The van der Waals surface area contributed by atoms with Crippen LogP contribution in [-0.2, 0) is 14.8 Å². The highest BCUT2D eigenvalue weighted by atomic mass is 35.5. The Bertz CT molecular complexity index is 823. The molecular formula is C18H21ClN2O3S. The van der Waals surface area contributed by atoms with E-state index in [0.29, 0.717) is 10.7 Å². The zero-order valence-corrected chi connectivity index (χ0v) is 15.9. The standard InChI is InChI=1S/C18H21ClN2O3S/c1-13(15-7-5-4-6-8-15)20-18(22)14(2)21(25(3,23)24)17-11-9-16(19)10-12-17/h4-14H,1-3H3,(H,20,22)/t13-,14+/m1/s1. The third-order valence-electron chi connectivity index (χ3n) is 3.83. The minimum Gasteiger partial charge on any atom is -0.348 e. The molecule has 2 rings (SSSR count). The molecule has 1 N–H and O–H groups in total. The lowest BCUT2D eigenvalue weighted by Crippen LogP contribution is -2.48. The van der Waals surface area contributed by atoms with Crippen LogP contribution < -0.4 is 9.62 Å². The number of amides is 1. The summed E-state index contributed by atoms with van der Waals surface area (Å²) in [5.41, 5.74) is 1.34. The van der Waals surface area contributed by atoms with Gasteiger partial charge in [-0.05, 0) is 43.7 Å². The summed E-state index contributed by atoms with van der Waals surface area (Å²) in [6.45, 7) is 3.41. The van der Waals surface area contributed by atoms with Crippen LogP contribution in [0.3, 0.4) is 0 Å². The highest BCUT2D eigenvalue weighted by Gasteiger charge is 2.29. The molecule has 7 heteroatoms. The normalized spacial score (nSPS) is 13.8. The number of nitrogens with zero attached hydrogens (tertiary/aromatic N) is 1. The van der Waals surface area contributed by atoms with Crippen LogP contribution in [0.4, 0.5) is 5.69 Å². The molecule has 0 heterocycles. The van der Waals surface area contributed by atoms with Crippen LogP contribution in [0, 0.1) is 0 Å². The van der Waals surface area contributed by atoms with Crippen molar-refractivity contribution in [2.45, 2.75) is 25.9 Å². The first-order valence-electron chi connectivity index (χ1n) is 7.80. The van der Waals surface area contributed by atoms with E-state index in [1.807, 2.05) is 37.3 Å². The molecule has 0 aliphatic carbocycles. The summed E-state index contributed by atoms with van der Waals surface area (Å²) in [7, 11) is -3.65. The Morgan fingerprint density at radius 2 is 1.60 bits per heavy atom. The Balaban J connectivity index is 2.23. The van der Waals surface area contributed by atoms with Gasteiger partial charge in [0.1, 0.15) is 6.04 Å². The van der Waals surface area contributed by atoms with Gasteiger partial charge in [-0.2, -0.15) is 0 Å². The van der Waals surface area contributed by atoms with Crippen LogP contribution in [0.15, 0.2) is 54.6 Å². The average molecular weight is 381 g/mol. The highest BCUT2D eigenvalue weighted by molar-refractivity contribution is 7.92. The molecule has 5 nitrogen and oxygen atoms in total. The molecule has 0 saturated carbocycles. The van der Waals surface area contributed by atoms with Crippen LogP contribution in [0.1, 0.15) is 25.5 Å². The molecular weight excluding hydrogens is 360 g/mol. The Kier molecular flexibility index (Phi) is 6.08. The number of nitrogens with one attached hydrogen (secondary N) is 1. The number of carbonyl (C=O) groups excluding carboxylic acids is 1. The van der Waals surface area contributed by atoms with Crippen molar-refractivity contribution in [1.29, 1.82) is 0 Å². The molecule has 0 saturated heterocycles. The number of hydrogen-bond donors (Lipinski definition) is 1. The van der Waals surface area contributed by atoms with Crippen molar-refractivity contribution in [3.05, 3.63) is 65.2 Å². The molecule has 0 aliphatic rings. The predicted molar refractivity (Wildman–Crippen MR) is 101 cm³/mol. The molecule has 2 aromatic carbocycles. The van der Waals surface area contributed by atoms with Crippen molar-refractivity contribution in [2.24, 2.45) is 0 Å². The first-order chi connectivity index (χ1) is 11.7. The summed E-state index contributed by atoms with van der Waals surface area (Å²) in [5, 5.41) is 3.35. The lowest BCUT2D eigenvalue weighted by Gasteiger charge is -2.29. The van der Waals surface area contributed by atoms with Crippen LogP contribution in [-0.4, -0.2) is 26.6 Å². The van der Waals surface area contributed by atoms with Crippen LogP contribution in [0.2, 0.25) is 5.02 Å². The number of anilines is 1. The zero-order valence-electron chi connectivity index (χ0n) is 14.3. The van der Waals surface area contributed by atoms with E-state index in [1.54, 1.807) is 31.2 Å². The second kappa shape index (κ2) is 7.89. The van der Waals surface area contributed by atoms with Gasteiger partial charge in [0.15, 0.2) is 0 Å². The number of rotatable bonds is 6. The van der Waals surface area contributed by atoms with Gasteiger partial charge < -0.3 is 5.32 Å². The van der Waals surface area contributed by atoms with E-state index in [9.17, 15) is 13.2 Å². The molecule has 0 radical (unpaired) electrons. The number of sulfonamides is 1. The molecule has 1 amide bonds. The summed E-state index contributed by atoms with van der Waals surface area (Å²) in [6.07, 6.45) is 1.08. The van der Waals surface area contributed by atoms with E-state index >= 15 is 0 Å². The second-order valence-corrected chi connectivity index (χ2v) is 8.15. The molecule has 0 aromatic heterocycles. The molecule has 2 atom stereocenters. The van der Waals surface area contributed by atoms with Gasteiger partial charge in [-0.25, -0.2) is 8.42 Å². The monoisotopic (exact) mass is 380 g/mol. The third kappa shape index (κ3) is 4.96. The van der Waals surface area contributed by atoms with Gasteiger partial charge in [-0.1, -0.05) is 41.9 Å². The topological polar surface area (TPSA) is 66.5 Å². The molecule has 134 valence electrons. The fraction of sp³-hybridized carbons (Fsp3) is 0.278. The Morgan fingerprint density at radius 1 is 1.04 bits per heavy atom. The molecule has 0 unspecified atom stereocenters. The van der Waals surface area contributed by atoms with Gasteiger partial charge >= 0.3 is 0 Å². The fourth-order valence-electron chi connectivity index (χ4n) is 2.56. The van der Waals surface area contributed by atoms with Gasteiger partial charge in [-0.15, -0.1) is 0 Å². The van der Waals surface area contributed by atoms with E-state index in [2.05, 4.69) is 5.32 Å². The lowest BCUT2D eigenvalue weighted by molar-refractivity contribution is -0.122. The first-order valence-corrected chi connectivity index (χ1v) is 10.0. The second-order valence-electron chi connectivity index (χ2n) is 5.85. The Hall–Kier alpha value is -2.05. The maximum absolute atomic E-state index is 12.6. The quantitative estimate of drug-likeness (QED) is 0.835. The first kappa shape index (κ1) is 19.3. The molecule has 0 spiro atoms. The number of carbonyl (C=O) groups is 1. The number of hydrogen-bond acceptors (Lipinski definition) is 3. The van der Waals surface area contributed by atoms with Gasteiger partial charge in [0.05, 0.1) is 18.0 Å². The predicted octanol–water partition coefficient (Wildman–Crippen LogP) is 3.37. The van der Waals surface area contributed by atoms with Gasteiger partial charge in [0.2, 0.25) is 15.9 Å². The number of halogens is 1. The van der Waals surface area contributed by atoms with E-state index in [1.165, 1.54) is 0 Å². The minimum absolute atomic E-state index is 0.234. The van der Waals surface area contributed by atoms with E-state index in [0.717, 1.165) is 16.1 Å². The van der Waals surface area contributed by atoms with Crippen molar-refractivity contribution in [2.75, 3.05) is 10.6 Å². The molecule has 0 aliphatic heterocycles. The maximum Gasteiger partial charge on any atom is 0.244 e. The minimum atomic E-state index is -3.65. The molecule has 25 heavy (non-hydrogen) atoms. The van der Waals surface area contributed by atoms with Crippen molar-refractivity contribution >= 4 is 33.2 Å². The summed E-state index contributed by atoms with van der Waals surface area (Å²) >= 11 is 5.86.